The number of rotatable bonds is 12. The summed E-state index contributed by atoms with van der Waals surface area (Å²) in [6, 6.07) is 0.582. The minimum atomic E-state index is -0.125. The Morgan fingerprint density at radius 2 is 1.90 bits per heavy atom. The Bertz CT molecular complexity index is 236. The molecule has 0 rings (SSSR count). The molecule has 0 bridgehead atoms. The van der Waals surface area contributed by atoms with E-state index in [2.05, 4.69) is 56.9 Å². The zero-order valence-electron chi connectivity index (χ0n) is 14.6. The van der Waals surface area contributed by atoms with E-state index in [1.165, 1.54) is 0 Å². The van der Waals surface area contributed by atoms with Crippen LogP contribution in [-0.2, 0) is 0 Å². The molecular formula is C16H37N3O. The second kappa shape index (κ2) is 10.6. The fourth-order valence-electron chi connectivity index (χ4n) is 2.66. The molecule has 0 aromatic heterocycles. The summed E-state index contributed by atoms with van der Waals surface area (Å²) in [5.74, 6) is 0. The molecule has 0 aromatic rings. The van der Waals surface area contributed by atoms with Crippen LogP contribution in [-0.4, -0.2) is 73.4 Å². The number of hydrogen-bond acceptors (Lipinski definition) is 4. The molecule has 0 heterocycles. The van der Waals surface area contributed by atoms with Crippen molar-refractivity contribution in [2.45, 2.75) is 58.5 Å². The third-order valence-electron chi connectivity index (χ3n) is 3.98. The summed E-state index contributed by atoms with van der Waals surface area (Å²) in [6.07, 6.45) is 3.25. The largest absolute Gasteiger partial charge is 0.394 e. The number of aliphatic hydroxyl groups excluding tert-OH is 1. The molecule has 4 heteroatoms. The molecule has 0 saturated heterocycles. The van der Waals surface area contributed by atoms with E-state index in [0.29, 0.717) is 6.04 Å². The smallest absolute Gasteiger partial charge is 0.0610 e. The summed E-state index contributed by atoms with van der Waals surface area (Å²) in [5.41, 5.74) is -0.125. The highest BCUT2D eigenvalue weighted by atomic mass is 16.3. The number of nitrogens with one attached hydrogen (secondary N) is 1. The van der Waals surface area contributed by atoms with Gasteiger partial charge in [0.2, 0.25) is 0 Å². The minimum absolute atomic E-state index is 0.125. The van der Waals surface area contributed by atoms with Gasteiger partial charge in [-0.05, 0) is 66.8 Å². The number of hydrogen-bond donors (Lipinski definition) is 2. The quantitative estimate of drug-likeness (QED) is 0.574. The second-order valence-corrected chi connectivity index (χ2v) is 6.49. The first-order valence-electron chi connectivity index (χ1n) is 8.13. The number of aliphatic hydroxyl groups is 1. The van der Waals surface area contributed by atoms with E-state index in [9.17, 15) is 5.11 Å². The summed E-state index contributed by atoms with van der Waals surface area (Å²) >= 11 is 0. The standard InChI is InChI=1S/C16H37N3O/c1-7-11-17-16(4,14-20)10-9-12-19(8-2)15(3)13-18(5)6/h15,17,20H,7-14H2,1-6H3. The monoisotopic (exact) mass is 287 g/mol. The van der Waals surface area contributed by atoms with Crippen molar-refractivity contribution in [3.63, 3.8) is 0 Å². The van der Waals surface area contributed by atoms with Gasteiger partial charge in [-0.15, -0.1) is 0 Å². The fraction of sp³-hybridized carbons (Fsp3) is 1.00. The van der Waals surface area contributed by atoms with E-state index in [-0.39, 0.29) is 12.1 Å². The van der Waals surface area contributed by atoms with Crippen LogP contribution in [0.25, 0.3) is 0 Å². The van der Waals surface area contributed by atoms with E-state index in [1.54, 1.807) is 0 Å². The molecular weight excluding hydrogens is 250 g/mol. The van der Waals surface area contributed by atoms with E-state index in [0.717, 1.165) is 45.4 Å². The lowest BCUT2D eigenvalue weighted by atomic mass is 9.96. The van der Waals surface area contributed by atoms with E-state index < -0.39 is 0 Å². The van der Waals surface area contributed by atoms with Gasteiger partial charge < -0.3 is 15.3 Å². The molecule has 0 saturated carbocycles. The lowest BCUT2D eigenvalue weighted by Crippen LogP contribution is -2.47. The van der Waals surface area contributed by atoms with Gasteiger partial charge in [-0.3, -0.25) is 4.90 Å². The van der Waals surface area contributed by atoms with Crippen LogP contribution in [0.3, 0.4) is 0 Å². The molecule has 0 aliphatic heterocycles. The summed E-state index contributed by atoms with van der Waals surface area (Å²) in [5, 5.41) is 13.1. The second-order valence-electron chi connectivity index (χ2n) is 6.49. The molecule has 0 fully saturated rings. The SMILES string of the molecule is CCCNC(C)(CO)CCCN(CC)C(C)CN(C)C. The zero-order chi connectivity index (χ0) is 15.6. The first-order valence-corrected chi connectivity index (χ1v) is 8.13. The van der Waals surface area contributed by atoms with E-state index in [4.69, 9.17) is 0 Å². The molecule has 0 aliphatic rings. The third kappa shape index (κ3) is 8.20. The normalized spacial score (nSPS) is 16.6. The zero-order valence-corrected chi connectivity index (χ0v) is 14.6. The predicted molar refractivity (Wildman–Crippen MR) is 88.3 cm³/mol. The topological polar surface area (TPSA) is 38.7 Å². The maximum atomic E-state index is 9.58. The van der Waals surface area contributed by atoms with Crippen molar-refractivity contribution < 1.29 is 5.11 Å². The summed E-state index contributed by atoms with van der Waals surface area (Å²) in [7, 11) is 4.25. The lowest BCUT2D eigenvalue weighted by molar-refractivity contribution is 0.143. The molecule has 0 spiro atoms. The highest BCUT2D eigenvalue weighted by Crippen LogP contribution is 2.13. The maximum absolute atomic E-state index is 9.58. The van der Waals surface area contributed by atoms with Crippen LogP contribution >= 0.6 is 0 Å². The van der Waals surface area contributed by atoms with Crippen molar-refractivity contribution in [2.75, 3.05) is 46.9 Å². The van der Waals surface area contributed by atoms with Crippen molar-refractivity contribution in [3.8, 4) is 0 Å². The molecule has 0 aromatic carbocycles. The van der Waals surface area contributed by atoms with Gasteiger partial charge in [0, 0.05) is 18.1 Å². The van der Waals surface area contributed by atoms with Crippen molar-refractivity contribution in [1.82, 2.24) is 15.1 Å². The van der Waals surface area contributed by atoms with Crippen molar-refractivity contribution in [2.24, 2.45) is 0 Å². The summed E-state index contributed by atoms with van der Waals surface area (Å²) in [4.78, 5) is 4.77. The van der Waals surface area contributed by atoms with Crippen LogP contribution in [0, 0.1) is 0 Å². The Kier molecular flexibility index (Phi) is 10.5. The van der Waals surface area contributed by atoms with Gasteiger partial charge in [-0.1, -0.05) is 13.8 Å². The Morgan fingerprint density at radius 1 is 1.25 bits per heavy atom. The van der Waals surface area contributed by atoms with Gasteiger partial charge in [0.25, 0.3) is 0 Å². The van der Waals surface area contributed by atoms with E-state index >= 15 is 0 Å². The van der Waals surface area contributed by atoms with E-state index in [1.807, 2.05) is 0 Å². The van der Waals surface area contributed by atoms with Gasteiger partial charge >= 0.3 is 0 Å². The number of nitrogens with zero attached hydrogens (tertiary/aromatic N) is 2. The minimum Gasteiger partial charge on any atom is -0.394 e. The van der Waals surface area contributed by atoms with Gasteiger partial charge in [0.15, 0.2) is 0 Å². The van der Waals surface area contributed by atoms with Crippen LogP contribution in [0.4, 0.5) is 0 Å². The lowest BCUT2D eigenvalue weighted by Gasteiger charge is -2.33. The van der Waals surface area contributed by atoms with Gasteiger partial charge in [0.05, 0.1) is 6.61 Å². The number of likely N-dealkylation sites (N-methyl/N-ethyl adjacent to an activating group) is 2. The van der Waals surface area contributed by atoms with Gasteiger partial charge in [0.1, 0.15) is 0 Å². The van der Waals surface area contributed by atoms with Crippen LogP contribution in [0.5, 0.6) is 0 Å². The molecule has 0 radical (unpaired) electrons. The predicted octanol–water partition coefficient (Wildman–Crippen LogP) is 1.79. The van der Waals surface area contributed by atoms with Crippen molar-refractivity contribution in [3.05, 3.63) is 0 Å². The molecule has 2 atom stereocenters. The molecule has 20 heavy (non-hydrogen) atoms. The Morgan fingerprint density at radius 3 is 2.35 bits per heavy atom. The highest BCUT2D eigenvalue weighted by molar-refractivity contribution is 4.82. The van der Waals surface area contributed by atoms with Crippen LogP contribution < -0.4 is 5.32 Å². The third-order valence-corrected chi connectivity index (χ3v) is 3.98. The van der Waals surface area contributed by atoms with Crippen LogP contribution in [0.1, 0.15) is 47.0 Å². The fourth-order valence-corrected chi connectivity index (χ4v) is 2.66. The molecule has 122 valence electrons. The first kappa shape index (κ1) is 19.8. The Labute approximate surface area is 126 Å². The highest BCUT2D eigenvalue weighted by Gasteiger charge is 2.22. The van der Waals surface area contributed by atoms with Crippen molar-refractivity contribution >= 4 is 0 Å². The average molecular weight is 287 g/mol. The van der Waals surface area contributed by atoms with Crippen LogP contribution in [0.2, 0.25) is 0 Å². The Balaban J connectivity index is 4.15. The van der Waals surface area contributed by atoms with Gasteiger partial charge in [-0.2, -0.15) is 0 Å². The molecule has 4 nitrogen and oxygen atoms in total. The van der Waals surface area contributed by atoms with Crippen molar-refractivity contribution in [1.29, 1.82) is 0 Å². The molecule has 2 N–H and O–H groups in total. The Hall–Kier alpha value is -0.160. The maximum Gasteiger partial charge on any atom is 0.0610 e. The molecule has 0 amide bonds. The van der Waals surface area contributed by atoms with Gasteiger partial charge in [-0.25, -0.2) is 0 Å². The average Bonchev–Trinajstić information content (AvgIpc) is 2.40. The summed E-state index contributed by atoms with van der Waals surface area (Å²) in [6.45, 7) is 13.3. The summed E-state index contributed by atoms with van der Waals surface area (Å²) < 4.78 is 0. The first-order chi connectivity index (χ1) is 9.38. The molecule has 2 unspecified atom stereocenters. The molecule has 0 aliphatic carbocycles. The van der Waals surface area contributed by atoms with Crippen LogP contribution in [0.15, 0.2) is 0 Å².